The van der Waals surface area contributed by atoms with E-state index in [9.17, 15) is 4.79 Å². The van der Waals surface area contributed by atoms with Crippen LogP contribution in [-0.4, -0.2) is 18.2 Å². The quantitative estimate of drug-likeness (QED) is 0.554. The second kappa shape index (κ2) is 9.37. The molecule has 0 saturated heterocycles. The number of hydrogen-bond donors (Lipinski definition) is 1. The second-order valence-electron chi connectivity index (χ2n) is 7.13. The molecule has 4 nitrogen and oxygen atoms in total. The molecule has 0 bridgehead atoms. The molecule has 0 heterocycles. The van der Waals surface area contributed by atoms with Crippen molar-refractivity contribution in [2.45, 2.75) is 52.9 Å². The molecule has 1 aliphatic carbocycles. The summed E-state index contributed by atoms with van der Waals surface area (Å²) in [5.41, 5.74) is 7.06. The summed E-state index contributed by atoms with van der Waals surface area (Å²) in [6.45, 7) is 12.4. The molecule has 0 radical (unpaired) electrons. The lowest BCUT2D eigenvalue weighted by Gasteiger charge is -2.22. The van der Waals surface area contributed by atoms with E-state index in [-0.39, 0.29) is 12.5 Å². The molecular formula is C22H30N2O2. The van der Waals surface area contributed by atoms with Crippen LogP contribution in [0, 0.1) is 5.92 Å². The Labute approximate surface area is 157 Å². The Morgan fingerprint density at radius 1 is 1.38 bits per heavy atom. The topological polar surface area (TPSA) is 50.7 Å². The lowest BCUT2D eigenvalue weighted by Crippen LogP contribution is -2.27. The number of benzene rings is 1. The number of carbonyl (C=O) groups excluding carboxylic acids is 1. The third-order valence-corrected chi connectivity index (χ3v) is 5.05. The van der Waals surface area contributed by atoms with E-state index in [2.05, 4.69) is 49.2 Å². The first-order chi connectivity index (χ1) is 12.4. The predicted octanol–water partition coefficient (Wildman–Crippen LogP) is 4.98. The Morgan fingerprint density at radius 2 is 2.08 bits per heavy atom. The fourth-order valence-corrected chi connectivity index (χ4v) is 2.86. The van der Waals surface area contributed by atoms with Crippen LogP contribution >= 0.6 is 0 Å². The standard InChI is InChI=1S/C22H30N2O2/c1-6-16(4)18-9-11-20(12-10-18)26-14-22(25)24-23-21-13-19(15(2)3)8-7-17(21)5/h7,9-12,16,19H,2,6,8,13-14H2,1,3-5H3,(H,24,25)/b23-21+. The minimum Gasteiger partial charge on any atom is -0.484 e. The van der Waals surface area contributed by atoms with Crippen molar-refractivity contribution in [2.75, 3.05) is 6.61 Å². The zero-order valence-corrected chi connectivity index (χ0v) is 16.3. The summed E-state index contributed by atoms with van der Waals surface area (Å²) in [7, 11) is 0. The Kier molecular flexibility index (Phi) is 7.19. The Bertz CT molecular complexity index is 701. The number of carbonyl (C=O) groups is 1. The first kappa shape index (κ1) is 20.0. The van der Waals surface area contributed by atoms with Crippen molar-refractivity contribution in [3.8, 4) is 5.75 Å². The molecule has 2 atom stereocenters. The van der Waals surface area contributed by atoms with Gasteiger partial charge >= 0.3 is 0 Å². The third-order valence-electron chi connectivity index (χ3n) is 5.05. The number of allylic oxidation sites excluding steroid dienone is 3. The van der Waals surface area contributed by atoms with Gasteiger partial charge in [0.05, 0.1) is 5.71 Å². The molecular weight excluding hydrogens is 324 g/mol. The van der Waals surface area contributed by atoms with Gasteiger partial charge in [0.15, 0.2) is 6.61 Å². The normalized spacial score (nSPS) is 19.6. The van der Waals surface area contributed by atoms with E-state index in [1.807, 2.05) is 26.0 Å². The summed E-state index contributed by atoms with van der Waals surface area (Å²) >= 11 is 0. The van der Waals surface area contributed by atoms with Crippen molar-refractivity contribution >= 4 is 11.6 Å². The zero-order chi connectivity index (χ0) is 19.1. The summed E-state index contributed by atoms with van der Waals surface area (Å²) in [5.74, 6) is 1.36. The van der Waals surface area contributed by atoms with E-state index >= 15 is 0 Å². The summed E-state index contributed by atoms with van der Waals surface area (Å²) in [6, 6.07) is 7.92. The molecule has 1 aromatic rings. The van der Waals surface area contributed by atoms with E-state index in [0.29, 0.717) is 17.6 Å². The minimum absolute atomic E-state index is 0.0495. The fraction of sp³-hybridized carbons (Fsp3) is 0.455. The molecule has 1 aromatic carbocycles. The van der Waals surface area contributed by atoms with Crippen LogP contribution in [0.4, 0.5) is 0 Å². The maximum atomic E-state index is 12.0. The van der Waals surface area contributed by atoms with Crippen molar-refractivity contribution < 1.29 is 9.53 Å². The smallest absolute Gasteiger partial charge is 0.277 e. The van der Waals surface area contributed by atoms with Crippen LogP contribution < -0.4 is 10.2 Å². The van der Waals surface area contributed by atoms with E-state index in [1.165, 1.54) is 5.56 Å². The molecule has 1 N–H and O–H groups in total. The minimum atomic E-state index is -0.256. The molecule has 0 saturated carbocycles. The monoisotopic (exact) mass is 354 g/mol. The number of nitrogens with zero attached hydrogens (tertiary/aromatic N) is 1. The van der Waals surface area contributed by atoms with E-state index in [1.54, 1.807) is 0 Å². The van der Waals surface area contributed by atoms with Crippen LogP contribution in [0.5, 0.6) is 5.75 Å². The predicted molar refractivity (Wildman–Crippen MR) is 108 cm³/mol. The Morgan fingerprint density at radius 3 is 2.69 bits per heavy atom. The van der Waals surface area contributed by atoms with Crippen molar-refractivity contribution in [2.24, 2.45) is 11.0 Å². The van der Waals surface area contributed by atoms with E-state index in [4.69, 9.17) is 4.74 Å². The maximum Gasteiger partial charge on any atom is 0.277 e. The highest BCUT2D eigenvalue weighted by Crippen LogP contribution is 2.26. The maximum absolute atomic E-state index is 12.0. The van der Waals surface area contributed by atoms with Crippen LogP contribution in [0.3, 0.4) is 0 Å². The molecule has 1 aliphatic rings. The van der Waals surface area contributed by atoms with Gasteiger partial charge in [0.25, 0.3) is 5.91 Å². The van der Waals surface area contributed by atoms with E-state index < -0.39 is 0 Å². The van der Waals surface area contributed by atoms with Crippen LogP contribution in [-0.2, 0) is 4.79 Å². The second-order valence-corrected chi connectivity index (χ2v) is 7.13. The highest BCUT2D eigenvalue weighted by Gasteiger charge is 2.18. The van der Waals surface area contributed by atoms with Gasteiger partial charge in [-0.1, -0.05) is 44.2 Å². The molecule has 0 spiro atoms. The van der Waals surface area contributed by atoms with E-state index in [0.717, 1.165) is 36.1 Å². The van der Waals surface area contributed by atoms with Crippen LogP contribution in [0.2, 0.25) is 0 Å². The molecule has 4 heteroatoms. The van der Waals surface area contributed by atoms with Gasteiger partial charge in [-0.25, -0.2) is 5.43 Å². The summed E-state index contributed by atoms with van der Waals surface area (Å²) < 4.78 is 5.55. The highest BCUT2D eigenvalue weighted by molar-refractivity contribution is 6.01. The Hall–Kier alpha value is -2.36. The molecule has 0 aromatic heterocycles. The van der Waals surface area contributed by atoms with Gasteiger partial charge in [-0.3, -0.25) is 4.79 Å². The zero-order valence-electron chi connectivity index (χ0n) is 16.3. The number of ether oxygens (including phenoxy) is 1. The molecule has 2 rings (SSSR count). The number of hydrogen-bond acceptors (Lipinski definition) is 3. The molecule has 2 unspecified atom stereocenters. The van der Waals surface area contributed by atoms with Gasteiger partial charge in [-0.05, 0) is 68.2 Å². The fourth-order valence-electron chi connectivity index (χ4n) is 2.86. The molecule has 0 aliphatic heterocycles. The molecule has 140 valence electrons. The first-order valence-electron chi connectivity index (χ1n) is 9.31. The third kappa shape index (κ3) is 5.58. The summed E-state index contributed by atoms with van der Waals surface area (Å²) in [4.78, 5) is 12.0. The summed E-state index contributed by atoms with van der Waals surface area (Å²) in [6.07, 6.45) is 5.06. The number of hydrazone groups is 1. The lowest BCUT2D eigenvalue weighted by molar-refractivity contribution is -0.123. The van der Waals surface area contributed by atoms with Crippen LogP contribution in [0.15, 0.2) is 53.2 Å². The van der Waals surface area contributed by atoms with Crippen molar-refractivity contribution in [1.29, 1.82) is 0 Å². The lowest BCUT2D eigenvalue weighted by atomic mass is 9.85. The van der Waals surface area contributed by atoms with Crippen LogP contribution in [0.25, 0.3) is 0 Å². The van der Waals surface area contributed by atoms with Gasteiger partial charge in [-0.2, -0.15) is 5.10 Å². The largest absolute Gasteiger partial charge is 0.484 e. The molecule has 26 heavy (non-hydrogen) atoms. The highest BCUT2D eigenvalue weighted by atomic mass is 16.5. The number of rotatable bonds is 7. The van der Waals surface area contributed by atoms with Crippen molar-refractivity contribution in [3.05, 3.63) is 53.6 Å². The Balaban J connectivity index is 1.86. The van der Waals surface area contributed by atoms with Gasteiger partial charge in [0.1, 0.15) is 5.75 Å². The molecule has 0 fully saturated rings. The van der Waals surface area contributed by atoms with Gasteiger partial charge in [-0.15, -0.1) is 0 Å². The number of nitrogens with one attached hydrogen (secondary N) is 1. The SMILES string of the molecule is C=C(C)C1CC=C(C)/C(=N/NC(=O)COc2ccc(C(C)CC)cc2)C1. The molecule has 1 amide bonds. The first-order valence-corrected chi connectivity index (χ1v) is 9.31. The average Bonchev–Trinajstić information content (AvgIpc) is 2.65. The van der Waals surface area contributed by atoms with Gasteiger partial charge < -0.3 is 4.74 Å². The number of amides is 1. The summed E-state index contributed by atoms with van der Waals surface area (Å²) in [5, 5.41) is 4.29. The van der Waals surface area contributed by atoms with Crippen LogP contribution in [0.1, 0.15) is 58.4 Å². The van der Waals surface area contributed by atoms with Crippen molar-refractivity contribution in [1.82, 2.24) is 5.43 Å². The van der Waals surface area contributed by atoms with Gasteiger partial charge in [0, 0.05) is 0 Å². The van der Waals surface area contributed by atoms with Crippen molar-refractivity contribution in [3.63, 3.8) is 0 Å². The average molecular weight is 354 g/mol. The van der Waals surface area contributed by atoms with Gasteiger partial charge in [0.2, 0.25) is 0 Å².